The van der Waals surface area contributed by atoms with Crippen LogP contribution in [0.1, 0.15) is 44.3 Å². The summed E-state index contributed by atoms with van der Waals surface area (Å²) in [6.07, 6.45) is 0. The third-order valence-corrected chi connectivity index (χ3v) is 4.00. The van der Waals surface area contributed by atoms with E-state index in [1.54, 1.807) is 11.3 Å². The Morgan fingerprint density at radius 2 is 2.06 bits per heavy atom. The van der Waals surface area contributed by atoms with E-state index in [9.17, 15) is 0 Å². The highest BCUT2D eigenvalue weighted by Crippen LogP contribution is 2.19. The van der Waals surface area contributed by atoms with Gasteiger partial charge in [-0.25, -0.2) is 4.98 Å². The van der Waals surface area contributed by atoms with Crippen molar-refractivity contribution in [2.24, 2.45) is 5.92 Å². The largest absolute Gasteiger partial charge is 0.396 e. The number of thiazole rings is 1. The molecule has 1 rings (SSSR count). The van der Waals surface area contributed by atoms with Crippen LogP contribution in [0.25, 0.3) is 0 Å². The van der Waals surface area contributed by atoms with Gasteiger partial charge in [-0.2, -0.15) is 0 Å². The van der Waals surface area contributed by atoms with Gasteiger partial charge in [0.1, 0.15) is 0 Å². The number of hydrogen-bond acceptors (Lipinski definition) is 4. The van der Waals surface area contributed by atoms with Gasteiger partial charge in [-0.3, -0.25) is 0 Å². The summed E-state index contributed by atoms with van der Waals surface area (Å²) in [5.74, 6) is 0.788. The van der Waals surface area contributed by atoms with Crippen LogP contribution in [0.3, 0.4) is 0 Å². The SMILES string of the molecule is CC(C)c1nc(CNC(C)C(C)CO)cs1. The first-order valence-corrected chi connectivity index (χ1v) is 6.71. The van der Waals surface area contributed by atoms with Gasteiger partial charge in [-0.15, -0.1) is 11.3 Å². The smallest absolute Gasteiger partial charge is 0.0954 e. The molecule has 0 aromatic carbocycles. The molecule has 2 unspecified atom stereocenters. The lowest BCUT2D eigenvalue weighted by Crippen LogP contribution is -2.33. The van der Waals surface area contributed by atoms with Gasteiger partial charge in [-0.05, 0) is 12.8 Å². The third kappa shape index (κ3) is 3.85. The van der Waals surface area contributed by atoms with E-state index in [1.807, 2.05) is 6.92 Å². The minimum atomic E-state index is 0.225. The maximum Gasteiger partial charge on any atom is 0.0954 e. The number of rotatable bonds is 6. The molecule has 0 fully saturated rings. The van der Waals surface area contributed by atoms with Gasteiger partial charge < -0.3 is 10.4 Å². The monoisotopic (exact) mass is 242 g/mol. The number of aromatic nitrogens is 1. The molecule has 16 heavy (non-hydrogen) atoms. The lowest BCUT2D eigenvalue weighted by molar-refractivity contribution is 0.207. The van der Waals surface area contributed by atoms with E-state index in [1.165, 1.54) is 5.01 Å². The van der Waals surface area contributed by atoms with Crippen LogP contribution in [0, 0.1) is 5.92 Å². The topological polar surface area (TPSA) is 45.2 Å². The summed E-state index contributed by atoms with van der Waals surface area (Å²) in [4.78, 5) is 4.56. The fourth-order valence-corrected chi connectivity index (χ4v) is 2.13. The van der Waals surface area contributed by atoms with Crippen LogP contribution in [0.4, 0.5) is 0 Å². The van der Waals surface area contributed by atoms with Crippen LogP contribution in [0.15, 0.2) is 5.38 Å². The van der Waals surface area contributed by atoms with Crippen molar-refractivity contribution >= 4 is 11.3 Å². The Morgan fingerprint density at radius 3 is 2.56 bits per heavy atom. The fourth-order valence-electron chi connectivity index (χ4n) is 1.29. The molecule has 0 aliphatic carbocycles. The molecule has 1 aromatic rings. The minimum Gasteiger partial charge on any atom is -0.396 e. The molecule has 0 amide bonds. The van der Waals surface area contributed by atoms with Crippen LogP contribution in [0.5, 0.6) is 0 Å². The van der Waals surface area contributed by atoms with Gasteiger partial charge in [0, 0.05) is 30.5 Å². The predicted octanol–water partition coefficient (Wildman–Crippen LogP) is 2.37. The summed E-state index contributed by atoms with van der Waals surface area (Å²) in [6.45, 7) is 9.46. The van der Waals surface area contributed by atoms with Gasteiger partial charge in [-0.1, -0.05) is 20.8 Å². The zero-order valence-corrected chi connectivity index (χ0v) is 11.3. The van der Waals surface area contributed by atoms with Gasteiger partial charge in [0.25, 0.3) is 0 Å². The van der Waals surface area contributed by atoms with Gasteiger partial charge in [0.05, 0.1) is 10.7 Å². The van der Waals surface area contributed by atoms with Crippen LogP contribution in [0.2, 0.25) is 0 Å². The van der Waals surface area contributed by atoms with Crippen molar-refractivity contribution in [3.05, 3.63) is 16.1 Å². The lowest BCUT2D eigenvalue weighted by Gasteiger charge is -2.18. The molecule has 0 radical (unpaired) electrons. The number of aliphatic hydroxyl groups is 1. The van der Waals surface area contributed by atoms with Crippen LogP contribution in [-0.4, -0.2) is 22.7 Å². The molecule has 0 aliphatic heterocycles. The van der Waals surface area contributed by atoms with Crippen molar-refractivity contribution in [1.82, 2.24) is 10.3 Å². The van der Waals surface area contributed by atoms with Gasteiger partial charge in [0.2, 0.25) is 0 Å². The highest BCUT2D eigenvalue weighted by molar-refractivity contribution is 7.09. The molecule has 2 N–H and O–H groups in total. The van der Waals surface area contributed by atoms with Crippen molar-refractivity contribution in [3.63, 3.8) is 0 Å². The highest BCUT2D eigenvalue weighted by atomic mass is 32.1. The second-order valence-corrected chi connectivity index (χ2v) is 5.55. The van der Waals surface area contributed by atoms with Crippen LogP contribution >= 0.6 is 11.3 Å². The molecular weight excluding hydrogens is 220 g/mol. The summed E-state index contributed by atoms with van der Waals surface area (Å²) >= 11 is 1.72. The summed E-state index contributed by atoms with van der Waals surface area (Å²) in [6, 6.07) is 0.314. The Balaban J connectivity index is 2.42. The van der Waals surface area contributed by atoms with Crippen molar-refractivity contribution in [2.75, 3.05) is 6.61 Å². The van der Waals surface area contributed by atoms with Crippen LogP contribution < -0.4 is 5.32 Å². The Morgan fingerprint density at radius 1 is 1.38 bits per heavy atom. The number of nitrogens with one attached hydrogen (secondary N) is 1. The van der Waals surface area contributed by atoms with E-state index in [2.05, 4.69) is 36.5 Å². The predicted molar refractivity (Wildman–Crippen MR) is 68.8 cm³/mol. The molecule has 4 heteroatoms. The average molecular weight is 242 g/mol. The number of hydrogen-bond donors (Lipinski definition) is 2. The number of aliphatic hydroxyl groups excluding tert-OH is 1. The third-order valence-electron chi connectivity index (χ3n) is 2.81. The fraction of sp³-hybridized carbons (Fsp3) is 0.750. The normalized spacial score (nSPS) is 15.4. The molecule has 0 spiro atoms. The molecule has 2 atom stereocenters. The summed E-state index contributed by atoms with van der Waals surface area (Å²) in [5.41, 5.74) is 1.10. The summed E-state index contributed by atoms with van der Waals surface area (Å²) < 4.78 is 0. The second-order valence-electron chi connectivity index (χ2n) is 4.66. The lowest BCUT2D eigenvalue weighted by atomic mass is 10.1. The Hall–Kier alpha value is -0.450. The molecule has 92 valence electrons. The molecule has 3 nitrogen and oxygen atoms in total. The first-order chi connectivity index (χ1) is 7.54. The van der Waals surface area contributed by atoms with E-state index in [0.717, 1.165) is 12.2 Å². The highest BCUT2D eigenvalue weighted by Gasteiger charge is 2.11. The van der Waals surface area contributed by atoms with E-state index in [-0.39, 0.29) is 12.5 Å². The molecule has 1 heterocycles. The Labute approximate surface area is 102 Å². The summed E-state index contributed by atoms with van der Waals surface area (Å²) in [7, 11) is 0. The minimum absolute atomic E-state index is 0.225. The maximum atomic E-state index is 9.03. The quantitative estimate of drug-likeness (QED) is 0.805. The zero-order chi connectivity index (χ0) is 12.1. The van der Waals surface area contributed by atoms with E-state index in [4.69, 9.17) is 5.11 Å². The maximum absolute atomic E-state index is 9.03. The van der Waals surface area contributed by atoms with E-state index >= 15 is 0 Å². The number of nitrogens with zero attached hydrogens (tertiary/aromatic N) is 1. The molecule has 0 saturated carbocycles. The standard InChI is InChI=1S/C12H22N2OS/c1-8(2)12-14-11(7-16-12)5-13-10(4)9(3)6-15/h7-10,13,15H,5-6H2,1-4H3. The van der Waals surface area contributed by atoms with E-state index in [0.29, 0.717) is 12.0 Å². The molecular formula is C12H22N2OS. The van der Waals surface area contributed by atoms with Gasteiger partial charge in [0.15, 0.2) is 0 Å². The zero-order valence-electron chi connectivity index (χ0n) is 10.5. The molecule has 0 aliphatic rings. The average Bonchev–Trinajstić information content (AvgIpc) is 2.73. The molecule has 1 aromatic heterocycles. The van der Waals surface area contributed by atoms with Crippen LogP contribution in [-0.2, 0) is 6.54 Å². The Kier molecular flexibility index (Phi) is 5.38. The van der Waals surface area contributed by atoms with Crippen molar-refractivity contribution in [1.29, 1.82) is 0 Å². The van der Waals surface area contributed by atoms with Crippen molar-refractivity contribution in [2.45, 2.75) is 46.2 Å². The second kappa shape index (κ2) is 6.33. The molecule has 0 bridgehead atoms. The first-order valence-electron chi connectivity index (χ1n) is 5.83. The summed E-state index contributed by atoms with van der Waals surface area (Å²) in [5, 5.41) is 15.7. The van der Waals surface area contributed by atoms with E-state index < -0.39 is 0 Å². The first kappa shape index (κ1) is 13.6. The van der Waals surface area contributed by atoms with Crippen molar-refractivity contribution < 1.29 is 5.11 Å². The van der Waals surface area contributed by atoms with Gasteiger partial charge >= 0.3 is 0 Å². The molecule has 0 saturated heterocycles. The Bertz CT molecular complexity index is 312. The van der Waals surface area contributed by atoms with Crippen molar-refractivity contribution in [3.8, 4) is 0 Å².